The van der Waals surface area contributed by atoms with Crippen LogP contribution in [0, 0.1) is 6.92 Å². The van der Waals surface area contributed by atoms with Gasteiger partial charge in [-0.05, 0) is 43.5 Å². The summed E-state index contributed by atoms with van der Waals surface area (Å²) in [6.45, 7) is 2.99. The molecule has 4 rings (SSSR count). The van der Waals surface area contributed by atoms with Gasteiger partial charge in [0.2, 0.25) is 0 Å². The number of pyridine rings is 1. The van der Waals surface area contributed by atoms with E-state index in [1.807, 2.05) is 18.3 Å². The molecule has 1 N–H and O–H groups in total. The van der Waals surface area contributed by atoms with Crippen molar-refractivity contribution in [3.63, 3.8) is 0 Å². The van der Waals surface area contributed by atoms with Crippen LogP contribution in [0.1, 0.15) is 17.7 Å². The summed E-state index contributed by atoms with van der Waals surface area (Å²) < 4.78 is 2.29. The van der Waals surface area contributed by atoms with Gasteiger partial charge in [-0.25, -0.2) is 0 Å². The summed E-state index contributed by atoms with van der Waals surface area (Å²) in [6.07, 6.45) is 4.05. The predicted octanol–water partition coefficient (Wildman–Crippen LogP) is 4.42. The highest BCUT2D eigenvalue weighted by Crippen LogP contribution is 2.29. The maximum Gasteiger partial charge on any atom is 0.180 e. The highest BCUT2D eigenvalue weighted by atomic mass is 16.1. The summed E-state index contributed by atoms with van der Waals surface area (Å²) in [6, 6.07) is 18.0. The van der Waals surface area contributed by atoms with Crippen LogP contribution in [0.2, 0.25) is 0 Å². The van der Waals surface area contributed by atoms with Crippen LogP contribution in [-0.4, -0.2) is 9.55 Å². The average Bonchev–Trinajstić information content (AvgIpc) is 2.90. The minimum absolute atomic E-state index is 0.0660. The fraction of sp³-hybridized carbons (Fsp3) is 0.190. The Morgan fingerprint density at radius 1 is 1.00 bits per heavy atom. The molecular formula is C21H20N2O. The lowest BCUT2D eigenvalue weighted by Crippen LogP contribution is -2.03. The number of benzene rings is 2. The number of H-pyrrole nitrogens is 1. The molecule has 0 aliphatic rings. The van der Waals surface area contributed by atoms with E-state index in [1.54, 1.807) is 12.1 Å². The third-order valence-electron chi connectivity index (χ3n) is 4.67. The van der Waals surface area contributed by atoms with Gasteiger partial charge >= 0.3 is 0 Å². The van der Waals surface area contributed by atoms with Crippen LogP contribution in [0.25, 0.3) is 21.8 Å². The van der Waals surface area contributed by atoms with Crippen molar-refractivity contribution < 1.29 is 0 Å². The van der Waals surface area contributed by atoms with E-state index in [0.29, 0.717) is 0 Å². The zero-order chi connectivity index (χ0) is 16.5. The molecule has 3 nitrogen and oxygen atoms in total. The number of hydrogen-bond acceptors (Lipinski definition) is 1. The molecule has 2 aromatic heterocycles. The molecule has 0 spiro atoms. The standard InChI is InChI=1S/C21H20N2O/c1-15-21-19(11-12-22-15)18-10-9-17(24)14-20(18)23(21)13-5-8-16-6-3-2-4-7-16/h2-4,6-7,9-12,14,22H,5,8,13H2,1H3. The third-order valence-corrected chi connectivity index (χ3v) is 4.67. The fourth-order valence-electron chi connectivity index (χ4n) is 3.57. The lowest BCUT2D eigenvalue weighted by atomic mass is 10.1. The van der Waals surface area contributed by atoms with Gasteiger partial charge in [0.15, 0.2) is 5.43 Å². The van der Waals surface area contributed by atoms with E-state index >= 15 is 0 Å². The molecular weight excluding hydrogens is 296 g/mol. The maximum absolute atomic E-state index is 11.9. The zero-order valence-electron chi connectivity index (χ0n) is 13.8. The van der Waals surface area contributed by atoms with Gasteiger partial charge < -0.3 is 9.55 Å². The van der Waals surface area contributed by atoms with Crippen molar-refractivity contribution in [2.75, 3.05) is 0 Å². The van der Waals surface area contributed by atoms with E-state index in [-0.39, 0.29) is 5.43 Å². The number of nitrogens with zero attached hydrogens (tertiary/aromatic N) is 1. The molecule has 24 heavy (non-hydrogen) atoms. The Hall–Kier alpha value is -2.81. The van der Waals surface area contributed by atoms with E-state index < -0.39 is 0 Å². The van der Waals surface area contributed by atoms with Gasteiger partial charge in [-0.15, -0.1) is 0 Å². The van der Waals surface area contributed by atoms with E-state index in [1.165, 1.54) is 16.5 Å². The van der Waals surface area contributed by atoms with Crippen molar-refractivity contribution in [3.05, 3.63) is 82.3 Å². The second-order valence-electron chi connectivity index (χ2n) is 6.28. The molecule has 0 saturated carbocycles. The molecule has 0 aliphatic heterocycles. The second-order valence-corrected chi connectivity index (χ2v) is 6.28. The van der Waals surface area contributed by atoms with Crippen molar-refractivity contribution in [3.8, 4) is 0 Å². The molecule has 0 atom stereocenters. The lowest BCUT2D eigenvalue weighted by molar-refractivity contribution is 0.676. The number of fused-ring (bicyclic) bond motifs is 3. The van der Waals surface area contributed by atoms with Crippen LogP contribution >= 0.6 is 0 Å². The first-order valence-electron chi connectivity index (χ1n) is 8.38. The fourth-order valence-corrected chi connectivity index (χ4v) is 3.57. The van der Waals surface area contributed by atoms with Crippen LogP contribution < -0.4 is 5.43 Å². The minimum Gasteiger partial charge on any atom is -0.364 e. The van der Waals surface area contributed by atoms with Crippen LogP contribution in [0.15, 0.2) is 65.6 Å². The SMILES string of the molecule is Cc1[nH]ccc2c3ccc(=O)cc3n(CCCc3ccccc3)c12. The Bertz CT molecular complexity index is 1060. The quantitative estimate of drug-likeness (QED) is 0.594. The van der Waals surface area contributed by atoms with Crippen molar-refractivity contribution in [1.82, 2.24) is 9.55 Å². The summed E-state index contributed by atoms with van der Waals surface area (Å²) in [5, 5.41) is 2.36. The van der Waals surface area contributed by atoms with E-state index in [4.69, 9.17) is 0 Å². The van der Waals surface area contributed by atoms with Crippen molar-refractivity contribution >= 4 is 21.8 Å². The predicted molar refractivity (Wildman–Crippen MR) is 99.6 cm³/mol. The molecule has 0 radical (unpaired) electrons. The average molecular weight is 316 g/mol. The molecule has 4 aromatic rings. The minimum atomic E-state index is 0.0660. The number of aryl methyl sites for hydroxylation is 3. The summed E-state index contributed by atoms with van der Waals surface area (Å²) in [4.78, 5) is 15.2. The van der Waals surface area contributed by atoms with Gasteiger partial charge in [0.1, 0.15) is 0 Å². The summed E-state index contributed by atoms with van der Waals surface area (Å²) >= 11 is 0. The second kappa shape index (κ2) is 6.00. The number of nitrogens with one attached hydrogen (secondary N) is 1. The van der Waals surface area contributed by atoms with Crippen LogP contribution in [0.3, 0.4) is 0 Å². The summed E-state index contributed by atoms with van der Waals surface area (Å²) in [5.41, 5.74) is 4.79. The Labute approximate surface area is 140 Å². The van der Waals surface area contributed by atoms with Gasteiger partial charge in [0.05, 0.1) is 11.0 Å². The van der Waals surface area contributed by atoms with Gasteiger partial charge in [0, 0.05) is 35.3 Å². The van der Waals surface area contributed by atoms with Crippen molar-refractivity contribution in [2.24, 2.45) is 0 Å². The molecule has 0 fully saturated rings. The first-order chi connectivity index (χ1) is 11.7. The van der Waals surface area contributed by atoms with Gasteiger partial charge in [-0.2, -0.15) is 0 Å². The molecule has 2 aromatic carbocycles. The molecule has 0 bridgehead atoms. The van der Waals surface area contributed by atoms with Crippen LogP contribution in [-0.2, 0) is 13.0 Å². The number of aromatic amines is 1. The normalized spacial score (nSPS) is 11.4. The monoisotopic (exact) mass is 316 g/mol. The van der Waals surface area contributed by atoms with E-state index in [0.717, 1.165) is 36.0 Å². The molecule has 0 saturated heterocycles. The highest BCUT2D eigenvalue weighted by Gasteiger charge is 2.12. The Balaban J connectivity index is 1.77. The van der Waals surface area contributed by atoms with Crippen LogP contribution in [0.4, 0.5) is 0 Å². The molecule has 2 heterocycles. The van der Waals surface area contributed by atoms with Crippen molar-refractivity contribution in [2.45, 2.75) is 26.3 Å². The first-order valence-corrected chi connectivity index (χ1v) is 8.38. The molecule has 0 amide bonds. The topological polar surface area (TPSA) is 37.8 Å². The molecule has 3 heteroatoms. The highest BCUT2D eigenvalue weighted by molar-refractivity contribution is 6.08. The Morgan fingerprint density at radius 3 is 2.67 bits per heavy atom. The van der Waals surface area contributed by atoms with Gasteiger partial charge in [0.25, 0.3) is 0 Å². The number of aromatic nitrogens is 2. The summed E-state index contributed by atoms with van der Waals surface area (Å²) in [5.74, 6) is 0. The zero-order valence-corrected chi connectivity index (χ0v) is 13.8. The maximum atomic E-state index is 11.9. The molecule has 0 aliphatic carbocycles. The Kier molecular flexibility index (Phi) is 3.69. The number of hydrogen-bond donors (Lipinski definition) is 1. The molecule has 120 valence electrons. The van der Waals surface area contributed by atoms with Crippen molar-refractivity contribution in [1.29, 1.82) is 0 Å². The summed E-state index contributed by atoms with van der Waals surface area (Å²) in [7, 11) is 0. The van der Waals surface area contributed by atoms with E-state index in [2.05, 4.69) is 46.8 Å². The first kappa shape index (κ1) is 14.8. The molecule has 0 unspecified atom stereocenters. The smallest absolute Gasteiger partial charge is 0.180 e. The Morgan fingerprint density at radius 2 is 1.83 bits per heavy atom. The third kappa shape index (κ3) is 2.52. The van der Waals surface area contributed by atoms with E-state index in [9.17, 15) is 4.79 Å². The van der Waals surface area contributed by atoms with Gasteiger partial charge in [-0.1, -0.05) is 30.3 Å². The number of rotatable bonds is 4. The lowest BCUT2D eigenvalue weighted by Gasteiger charge is -2.09. The van der Waals surface area contributed by atoms with Crippen LogP contribution in [0.5, 0.6) is 0 Å². The largest absolute Gasteiger partial charge is 0.364 e. The van der Waals surface area contributed by atoms with Gasteiger partial charge in [-0.3, -0.25) is 4.79 Å².